The summed E-state index contributed by atoms with van der Waals surface area (Å²) < 4.78 is 18.5. The molecular formula is C20H19FN6O2S. The van der Waals surface area contributed by atoms with Gasteiger partial charge in [0.2, 0.25) is 17.6 Å². The number of thioether (sulfide) groups is 1. The molecule has 0 saturated carbocycles. The molecule has 2 fully saturated rings. The Kier molecular flexibility index (Phi) is 5.21. The van der Waals surface area contributed by atoms with Crippen molar-refractivity contribution in [3.63, 3.8) is 0 Å². The average Bonchev–Trinajstić information content (AvgIpc) is 3.43. The summed E-state index contributed by atoms with van der Waals surface area (Å²) in [6.07, 6.45) is -0.146. The standard InChI is InChI=1S/C20H19FN6O2S/c21-13-8-6-12(7-9-13)17-23-16(29-26-17)11-30-20-24-18-15(10-22-25-18)19(28)27(20)14-4-2-1-3-5-14/h1-9,15,18,20,22,24-25H,10-11H2. The molecule has 8 nitrogen and oxygen atoms in total. The Labute approximate surface area is 176 Å². The Morgan fingerprint density at radius 1 is 1.17 bits per heavy atom. The number of aromatic nitrogens is 2. The molecular weight excluding hydrogens is 407 g/mol. The minimum Gasteiger partial charge on any atom is -0.338 e. The van der Waals surface area contributed by atoms with Crippen molar-refractivity contribution in [3.05, 3.63) is 66.3 Å². The van der Waals surface area contributed by atoms with Gasteiger partial charge in [0.05, 0.1) is 17.8 Å². The van der Waals surface area contributed by atoms with Crippen molar-refractivity contribution in [2.75, 3.05) is 11.4 Å². The van der Waals surface area contributed by atoms with E-state index in [-0.39, 0.29) is 29.3 Å². The number of hydrogen-bond acceptors (Lipinski definition) is 8. The van der Waals surface area contributed by atoms with Gasteiger partial charge in [-0.1, -0.05) is 23.4 Å². The quantitative estimate of drug-likeness (QED) is 0.571. The summed E-state index contributed by atoms with van der Waals surface area (Å²) in [5, 5.41) is 7.45. The van der Waals surface area contributed by atoms with Gasteiger partial charge in [-0.2, -0.15) is 4.98 Å². The van der Waals surface area contributed by atoms with Crippen LogP contribution in [-0.2, 0) is 10.5 Å². The largest absolute Gasteiger partial charge is 0.338 e. The topological polar surface area (TPSA) is 95.3 Å². The van der Waals surface area contributed by atoms with Gasteiger partial charge < -0.3 is 4.52 Å². The maximum Gasteiger partial charge on any atom is 0.237 e. The summed E-state index contributed by atoms with van der Waals surface area (Å²) in [5.41, 5.74) is 7.36. The molecule has 3 N–H and O–H groups in total. The van der Waals surface area contributed by atoms with Crippen LogP contribution in [0.15, 0.2) is 59.1 Å². The second-order valence-electron chi connectivity index (χ2n) is 7.00. The van der Waals surface area contributed by atoms with E-state index < -0.39 is 0 Å². The number of hydrogen-bond donors (Lipinski definition) is 3. The number of amides is 1. The molecule has 3 aromatic rings. The highest BCUT2D eigenvalue weighted by Gasteiger charge is 2.44. The highest BCUT2D eigenvalue weighted by atomic mass is 32.2. The van der Waals surface area contributed by atoms with Crippen LogP contribution in [0.1, 0.15) is 5.89 Å². The molecule has 0 bridgehead atoms. The molecule has 0 radical (unpaired) electrons. The summed E-state index contributed by atoms with van der Waals surface area (Å²) >= 11 is 1.49. The number of fused-ring (bicyclic) bond motifs is 1. The fourth-order valence-electron chi connectivity index (χ4n) is 3.56. The van der Waals surface area contributed by atoms with Gasteiger partial charge in [-0.05, 0) is 36.4 Å². The predicted molar refractivity (Wildman–Crippen MR) is 110 cm³/mol. The monoisotopic (exact) mass is 426 g/mol. The van der Waals surface area contributed by atoms with Gasteiger partial charge >= 0.3 is 0 Å². The molecule has 2 aliphatic rings. The van der Waals surface area contributed by atoms with Crippen LogP contribution < -0.4 is 21.1 Å². The molecule has 2 aliphatic heterocycles. The zero-order chi connectivity index (χ0) is 20.5. The van der Waals surface area contributed by atoms with Gasteiger partial charge in [-0.3, -0.25) is 20.4 Å². The number of hydrazine groups is 1. The summed E-state index contributed by atoms with van der Waals surface area (Å²) in [7, 11) is 0. The van der Waals surface area contributed by atoms with Crippen molar-refractivity contribution < 1.29 is 13.7 Å². The zero-order valence-electron chi connectivity index (χ0n) is 15.8. The number of halogens is 1. The minimum atomic E-state index is -0.319. The van der Waals surface area contributed by atoms with E-state index >= 15 is 0 Å². The Hall–Kier alpha value is -2.79. The Balaban J connectivity index is 1.33. The lowest BCUT2D eigenvalue weighted by Gasteiger charge is -2.41. The molecule has 30 heavy (non-hydrogen) atoms. The Morgan fingerprint density at radius 2 is 1.97 bits per heavy atom. The van der Waals surface area contributed by atoms with Crippen LogP contribution >= 0.6 is 11.8 Å². The normalized spacial score (nSPS) is 23.6. The van der Waals surface area contributed by atoms with Crippen molar-refractivity contribution >= 4 is 23.4 Å². The summed E-state index contributed by atoms with van der Waals surface area (Å²) in [4.78, 5) is 19.3. The molecule has 2 saturated heterocycles. The van der Waals surface area contributed by atoms with Crippen LogP contribution in [-0.4, -0.2) is 34.3 Å². The van der Waals surface area contributed by atoms with Crippen LogP contribution in [0.3, 0.4) is 0 Å². The molecule has 1 amide bonds. The van der Waals surface area contributed by atoms with E-state index in [1.807, 2.05) is 30.3 Å². The van der Waals surface area contributed by atoms with E-state index in [2.05, 4.69) is 26.3 Å². The molecule has 3 heterocycles. The lowest BCUT2D eigenvalue weighted by molar-refractivity contribution is -0.124. The highest BCUT2D eigenvalue weighted by molar-refractivity contribution is 7.99. The third-order valence-corrected chi connectivity index (χ3v) is 6.14. The van der Waals surface area contributed by atoms with E-state index in [1.165, 1.54) is 23.9 Å². The number of nitrogens with one attached hydrogen (secondary N) is 3. The summed E-state index contributed by atoms with van der Waals surface area (Å²) in [6, 6.07) is 15.5. The van der Waals surface area contributed by atoms with Crippen LogP contribution in [0.4, 0.5) is 10.1 Å². The van der Waals surface area contributed by atoms with E-state index in [0.29, 0.717) is 29.6 Å². The van der Waals surface area contributed by atoms with E-state index in [1.54, 1.807) is 17.0 Å². The maximum absolute atomic E-state index is 13.2. The number of carbonyl (C=O) groups is 1. The van der Waals surface area contributed by atoms with Gasteiger partial charge in [-0.25, -0.2) is 9.82 Å². The smallest absolute Gasteiger partial charge is 0.237 e. The number of anilines is 1. The number of nitrogens with zero attached hydrogens (tertiary/aromatic N) is 3. The summed E-state index contributed by atoms with van der Waals surface area (Å²) in [6.45, 7) is 0.571. The first-order chi connectivity index (χ1) is 14.7. The lowest BCUT2D eigenvalue weighted by atomic mass is 10.0. The van der Waals surface area contributed by atoms with Crippen LogP contribution in [0.2, 0.25) is 0 Å². The molecule has 1 aromatic heterocycles. The summed E-state index contributed by atoms with van der Waals surface area (Å²) in [5.74, 6) is 0.794. The van der Waals surface area contributed by atoms with Crippen molar-refractivity contribution in [2.24, 2.45) is 5.92 Å². The van der Waals surface area contributed by atoms with E-state index in [4.69, 9.17) is 4.52 Å². The van der Waals surface area contributed by atoms with Gasteiger partial charge in [0.1, 0.15) is 11.3 Å². The molecule has 154 valence electrons. The molecule has 10 heteroatoms. The zero-order valence-corrected chi connectivity index (χ0v) is 16.6. The minimum absolute atomic E-state index is 0.0532. The first kappa shape index (κ1) is 19.2. The maximum atomic E-state index is 13.2. The van der Waals surface area contributed by atoms with Crippen molar-refractivity contribution in [1.82, 2.24) is 26.3 Å². The number of carbonyl (C=O) groups excluding carboxylic acids is 1. The average molecular weight is 426 g/mol. The van der Waals surface area contributed by atoms with Crippen LogP contribution in [0, 0.1) is 11.7 Å². The number of benzene rings is 2. The highest BCUT2D eigenvalue weighted by Crippen LogP contribution is 2.31. The molecule has 0 aliphatic carbocycles. The van der Waals surface area contributed by atoms with E-state index in [9.17, 15) is 9.18 Å². The molecule has 2 aromatic carbocycles. The Bertz CT molecular complexity index is 1030. The number of rotatable bonds is 5. The third kappa shape index (κ3) is 3.70. The first-order valence-corrected chi connectivity index (χ1v) is 10.6. The molecule has 5 rings (SSSR count). The van der Waals surface area contributed by atoms with Crippen LogP contribution in [0.5, 0.6) is 0 Å². The number of para-hydroxylation sites is 1. The second kappa shape index (κ2) is 8.15. The fourth-order valence-corrected chi connectivity index (χ4v) is 4.60. The van der Waals surface area contributed by atoms with Gasteiger partial charge in [-0.15, -0.1) is 11.8 Å². The van der Waals surface area contributed by atoms with Gasteiger partial charge in [0.25, 0.3) is 0 Å². The fraction of sp³-hybridized carbons (Fsp3) is 0.250. The Morgan fingerprint density at radius 3 is 2.77 bits per heavy atom. The van der Waals surface area contributed by atoms with Gasteiger partial charge in [0, 0.05) is 17.8 Å². The van der Waals surface area contributed by atoms with Crippen molar-refractivity contribution in [2.45, 2.75) is 17.4 Å². The van der Waals surface area contributed by atoms with Crippen molar-refractivity contribution in [3.8, 4) is 11.4 Å². The molecule has 0 spiro atoms. The molecule has 3 atom stereocenters. The SMILES string of the molecule is O=C1C2CNNC2NC(SCc2nc(-c3ccc(F)cc3)no2)N1c1ccccc1. The van der Waals surface area contributed by atoms with Crippen molar-refractivity contribution in [1.29, 1.82) is 0 Å². The third-order valence-electron chi connectivity index (χ3n) is 5.06. The second-order valence-corrected chi connectivity index (χ2v) is 8.07. The molecule has 3 unspecified atom stereocenters. The lowest BCUT2D eigenvalue weighted by Crippen LogP contribution is -2.64. The first-order valence-electron chi connectivity index (χ1n) is 9.52. The van der Waals surface area contributed by atoms with Crippen LogP contribution in [0.25, 0.3) is 11.4 Å². The van der Waals surface area contributed by atoms with E-state index in [0.717, 1.165) is 5.69 Å². The van der Waals surface area contributed by atoms with Gasteiger partial charge in [0.15, 0.2) is 0 Å². The predicted octanol–water partition coefficient (Wildman–Crippen LogP) is 2.08.